The van der Waals surface area contributed by atoms with Crippen LogP contribution in [0, 0.1) is 28.4 Å². The fourth-order valence-corrected chi connectivity index (χ4v) is 1.61. The Hall–Kier alpha value is -2.87. The summed E-state index contributed by atoms with van der Waals surface area (Å²) in [5.74, 6) is 0.838. The van der Waals surface area contributed by atoms with Crippen LogP contribution < -0.4 is 4.74 Å². The van der Waals surface area contributed by atoms with Gasteiger partial charge in [0.05, 0.1) is 22.6 Å². The molecule has 0 aromatic heterocycles. The van der Waals surface area contributed by atoms with Crippen molar-refractivity contribution in [3.05, 3.63) is 63.7 Å². The predicted molar refractivity (Wildman–Crippen MR) is 69.1 cm³/mol. The van der Waals surface area contributed by atoms with Crippen LogP contribution in [0.3, 0.4) is 0 Å². The molecule has 0 N–H and O–H groups in total. The molecule has 2 aromatic rings. The van der Waals surface area contributed by atoms with E-state index in [1.165, 1.54) is 6.07 Å². The monoisotopic (exact) mass is 254 g/mol. The molecule has 0 radical (unpaired) electrons. The van der Waals surface area contributed by atoms with E-state index >= 15 is 0 Å². The van der Waals surface area contributed by atoms with Gasteiger partial charge in [0.15, 0.2) is 0 Å². The largest absolute Gasteiger partial charge is 0.457 e. The van der Waals surface area contributed by atoms with Gasteiger partial charge in [0.1, 0.15) is 11.5 Å². The number of nitriles is 1. The Morgan fingerprint density at radius 3 is 2.63 bits per heavy atom. The van der Waals surface area contributed by atoms with Gasteiger partial charge in [0.25, 0.3) is 5.69 Å². The number of nitro groups is 1. The molecule has 0 amide bonds. The smallest absolute Gasteiger partial charge is 0.276 e. The average Bonchev–Trinajstić information content (AvgIpc) is 2.41. The second kappa shape index (κ2) is 5.19. The summed E-state index contributed by atoms with van der Waals surface area (Å²) >= 11 is 0. The van der Waals surface area contributed by atoms with Gasteiger partial charge in [-0.05, 0) is 37.3 Å². The van der Waals surface area contributed by atoms with Gasteiger partial charge in [0.2, 0.25) is 0 Å². The standard InChI is InChI=1S/C14H10N2O3/c1-10-5-6-13(8-14(10)16(17)18)19-12-4-2-3-11(7-12)9-15/h2-8H,1H3. The normalized spacial score (nSPS) is 9.68. The maximum absolute atomic E-state index is 10.8. The van der Waals surface area contributed by atoms with Crippen molar-refractivity contribution in [2.24, 2.45) is 0 Å². The summed E-state index contributed by atoms with van der Waals surface area (Å²) in [6.07, 6.45) is 0. The molecule has 0 bridgehead atoms. The number of hydrogen-bond acceptors (Lipinski definition) is 4. The molecule has 0 saturated carbocycles. The molecule has 0 atom stereocenters. The Balaban J connectivity index is 2.31. The molecule has 19 heavy (non-hydrogen) atoms. The third kappa shape index (κ3) is 2.87. The van der Waals surface area contributed by atoms with Crippen molar-refractivity contribution in [3.8, 4) is 17.6 Å². The molecule has 0 spiro atoms. The number of nitrogens with zero attached hydrogens (tertiary/aromatic N) is 2. The minimum atomic E-state index is -0.451. The van der Waals surface area contributed by atoms with Gasteiger partial charge >= 0.3 is 0 Å². The SMILES string of the molecule is Cc1ccc(Oc2cccc(C#N)c2)cc1[N+](=O)[O-]. The zero-order valence-electron chi connectivity index (χ0n) is 10.2. The van der Waals surface area contributed by atoms with Crippen LogP contribution in [0.15, 0.2) is 42.5 Å². The summed E-state index contributed by atoms with van der Waals surface area (Å²) in [6, 6.07) is 13.3. The number of nitro benzene ring substituents is 1. The summed E-state index contributed by atoms with van der Waals surface area (Å²) < 4.78 is 5.51. The van der Waals surface area contributed by atoms with Crippen LogP contribution in [0.2, 0.25) is 0 Å². The Bertz CT molecular complexity index is 675. The number of benzene rings is 2. The Morgan fingerprint density at radius 2 is 1.95 bits per heavy atom. The summed E-state index contributed by atoms with van der Waals surface area (Å²) in [5, 5.41) is 19.6. The summed E-state index contributed by atoms with van der Waals surface area (Å²) in [5.41, 5.74) is 1.05. The molecule has 0 heterocycles. The van der Waals surface area contributed by atoms with E-state index in [1.807, 2.05) is 6.07 Å². The van der Waals surface area contributed by atoms with Gasteiger partial charge in [-0.15, -0.1) is 0 Å². The molecule has 2 aromatic carbocycles. The van der Waals surface area contributed by atoms with E-state index in [4.69, 9.17) is 10.00 Å². The maximum Gasteiger partial charge on any atom is 0.276 e. The van der Waals surface area contributed by atoms with E-state index in [9.17, 15) is 10.1 Å². The van der Waals surface area contributed by atoms with Gasteiger partial charge in [-0.3, -0.25) is 10.1 Å². The second-order valence-electron chi connectivity index (χ2n) is 3.95. The second-order valence-corrected chi connectivity index (χ2v) is 3.95. The van der Waals surface area contributed by atoms with Crippen molar-refractivity contribution < 1.29 is 9.66 Å². The van der Waals surface area contributed by atoms with Gasteiger partial charge in [-0.1, -0.05) is 6.07 Å². The Labute approximate surface area is 109 Å². The molecule has 0 unspecified atom stereocenters. The fourth-order valence-electron chi connectivity index (χ4n) is 1.61. The number of rotatable bonds is 3. The van der Waals surface area contributed by atoms with E-state index in [2.05, 4.69) is 0 Å². The predicted octanol–water partition coefficient (Wildman–Crippen LogP) is 3.57. The third-order valence-corrected chi connectivity index (χ3v) is 2.58. The molecule has 0 fully saturated rings. The lowest BCUT2D eigenvalue weighted by molar-refractivity contribution is -0.385. The molecule has 2 rings (SSSR count). The molecular weight excluding hydrogens is 244 g/mol. The first-order valence-corrected chi connectivity index (χ1v) is 5.53. The quantitative estimate of drug-likeness (QED) is 0.619. The van der Waals surface area contributed by atoms with Crippen LogP contribution in [-0.2, 0) is 0 Å². The van der Waals surface area contributed by atoms with Gasteiger partial charge in [-0.25, -0.2) is 0 Å². The lowest BCUT2D eigenvalue weighted by Crippen LogP contribution is -1.93. The highest BCUT2D eigenvalue weighted by Gasteiger charge is 2.12. The summed E-state index contributed by atoms with van der Waals surface area (Å²) in [4.78, 5) is 10.4. The van der Waals surface area contributed by atoms with Crippen molar-refractivity contribution in [2.45, 2.75) is 6.92 Å². The summed E-state index contributed by atoms with van der Waals surface area (Å²) in [6.45, 7) is 1.66. The molecule has 0 aliphatic heterocycles. The molecular formula is C14H10N2O3. The van der Waals surface area contributed by atoms with Crippen LogP contribution in [-0.4, -0.2) is 4.92 Å². The molecule has 5 heteroatoms. The van der Waals surface area contributed by atoms with Crippen LogP contribution in [0.5, 0.6) is 11.5 Å². The van der Waals surface area contributed by atoms with E-state index in [0.29, 0.717) is 22.6 Å². The van der Waals surface area contributed by atoms with Crippen molar-refractivity contribution in [1.29, 1.82) is 5.26 Å². The molecule has 0 aliphatic rings. The Kier molecular flexibility index (Phi) is 3.44. The Morgan fingerprint density at radius 1 is 1.21 bits per heavy atom. The maximum atomic E-state index is 10.8. The van der Waals surface area contributed by atoms with E-state index in [-0.39, 0.29) is 5.69 Å². The zero-order chi connectivity index (χ0) is 13.8. The van der Waals surface area contributed by atoms with Crippen LogP contribution in [0.1, 0.15) is 11.1 Å². The fraction of sp³-hybridized carbons (Fsp3) is 0.0714. The first-order valence-electron chi connectivity index (χ1n) is 5.53. The number of hydrogen-bond donors (Lipinski definition) is 0. The number of ether oxygens (including phenoxy) is 1. The highest BCUT2D eigenvalue weighted by Crippen LogP contribution is 2.28. The highest BCUT2D eigenvalue weighted by molar-refractivity contribution is 5.47. The topological polar surface area (TPSA) is 76.2 Å². The molecule has 5 nitrogen and oxygen atoms in total. The van der Waals surface area contributed by atoms with Crippen LogP contribution >= 0.6 is 0 Å². The molecule has 0 saturated heterocycles. The average molecular weight is 254 g/mol. The van der Waals surface area contributed by atoms with Crippen molar-refractivity contribution in [2.75, 3.05) is 0 Å². The summed E-state index contributed by atoms with van der Waals surface area (Å²) in [7, 11) is 0. The first-order chi connectivity index (χ1) is 9.10. The van der Waals surface area contributed by atoms with E-state index in [1.54, 1.807) is 43.3 Å². The third-order valence-electron chi connectivity index (χ3n) is 2.58. The van der Waals surface area contributed by atoms with Crippen molar-refractivity contribution in [3.63, 3.8) is 0 Å². The lowest BCUT2D eigenvalue weighted by Gasteiger charge is -2.06. The zero-order valence-corrected chi connectivity index (χ0v) is 10.2. The van der Waals surface area contributed by atoms with E-state index in [0.717, 1.165) is 0 Å². The van der Waals surface area contributed by atoms with Gasteiger partial charge in [-0.2, -0.15) is 5.26 Å². The minimum Gasteiger partial charge on any atom is -0.457 e. The molecule has 0 aliphatic carbocycles. The van der Waals surface area contributed by atoms with Gasteiger partial charge < -0.3 is 4.74 Å². The molecule has 94 valence electrons. The van der Waals surface area contributed by atoms with Gasteiger partial charge in [0, 0.05) is 5.56 Å². The van der Waals surface area contributed by atoms with Crippen LogP contribution in [0.4, 0.5) is 5.69 Å². The highest BCUT2D eigenvalue weighted by atomic mass is 16.6. The van der Waals surface area contributed by atoms with E-state index < -0.39 is 4.92 Å². The first kappa shape index (κ1) is 12.6. The van der Waals surface area contributed by atoms with Crippen molar-refractivity contribution >= 4 is 5.69 Å². The van der Waals surface area contributed by atoms with Crippen molar-refractivity contribution in [1.82, 2.24) is 0 Å². The minimum absolute atomic E-state index is 0.00828. The lowest BCUT2D eigenvalue weighted by atomic mass is 10.2. The number of aryl methyl sites for hydroxylation is 1. The van der Waals surface area contributed by atoms with Crippen LogP contribution in [0.25, 0.3) is 0 Å².